The molecule has 1 aromatic heterocycles. The van der Waals surface area contributed by atoms with Crippen LogP contribution in [0, 0.1) is 0 Å². The highest BCUT2D eigenvalue weighted by Gasteiger charge is 2.08. The average molecular weight is 271 g/mol. The van der Waals surface area contributed by atoms with Crippen molar-refractivity contribution in [2.45, 2.75) is 32.7 Å². The van der Waals surface area contributed by atoms with Crippen molar-refractivity contribution in [2.24, 2.45) is 0 Å². The van der Waals surface area contributed by atoms with Gasteiger partial charge < -0.3 is 14.2 Å². The summed E-state index contributed by atoms with van der Waals surface area (Å²) in [5.74, 6) is 1.28. The molecule has 19 heavy (non-hydrogen) atoms. The number of ether oxygens (including phenoxy) is 3. The van der Waals surface area contributed by atoms with Crippen molar-refractivity contribution in [1.82, 2.24) is 4.98 Å². The van der Waals surface area contributed by atoms with Crippen molar-refractivity contribution in [2.75, 3.05) is 40.1 Å². The van der Waals surface area contributed by atoms with Crippen LogP contribution in [-0.2, 0) is 27.2 Å². The Labute approximate surface area is 115 Å². The second kappa shape index (κ2) is 11.0. The molecule has 0 aliphatic heterocycles. The molecule has 110 valence electrons. The van der Waals surface area contributed by atoms with Gasteiger partial charge in [0.15, 0.2) is 0 Å². The van der Waals surface area contributed by atoms with Crippen LogP contribution < -0.4 is 4.57 Å². The molecule has 0 aliphatic rings. The number of imidazole rings is 1. The van der Waals surface area contributed by atoms with Crippen LogP contribution in [-0.4, -0.2) is 45.1 Å². The summed E-state index contributed by atoms with van der Waals surface area (Å²) in [5, 5.41) is 0. The predicted octanol–water partition coefficient (Wildman–Crippen LogP) is 1.32. The molecular formula is C14H27N2O3+. The van der Waals surface area contributed by atoms with Crippen molar-refractivity contribution in [3.8, 4) is 0 Å². The third-order valence-electron chi connectivity index (χ3n) is 2.90. The van der Waals surface area contributed by atoms with Gasteiger partial charge in [0.2, 0.25) is 0 Å². The molecule has 1 aromatic rings. The fraction of sp³-hybridized carbons (Fsp3) is 0.786. The lowest BCUT2D eigenvalue weighted by Gasteiger charge is -2.05. The number of nitrogens with one attached hydrogen (secondary N) is 1. The van der Waals surface area contributed by atoms with E-state index in [1.54, 1.807) is 7.11 Å². The van der Waals surface area contributed by atoms with E-state index in [0.29, 0.717) is 26.4 Å². The maximum atomic E-state index is 5.55. The number of hydrogen-bond donors (Lipinski definition) is 1. The van der Waals surface area contributed by atoms with Crippen LogP contribution in [0.5, 0.6) is 0 Å². The molecule has 5 nitrogen and oxygen atoms in total. The first-order valence-electron chi connectivity index (χ1n) is 7.08. The average Bonchev–Trinajstić information content (AvgIpc) is 2.87. The molecular weight excluding hydrogens is 244 g/mol. The highest BCUT2D eigenvalue weighted by atomic mass is 16.5. The number of unbranched alkanes of at least 4 members (excludes halogenated alkanes) is 1. The monoisotopic (exact) mass is 271 g/mol. The molecule has 0 bridgehead atoms. The van der Waals surface area contributed by atoms with Gasteiger partial charge in [0.25, 0.3) is 5.82 Å². The molecule has 0 amide bonds. The van der Waals surface area contributed by atoms with Gasteiger partial charge in [0.1, 0.15) is 18.9 Å². The third kappa shape index (κ3) is 7.30. The van der Waals surface area contributed by atoms with E-state index in [2.05, 4.69) is 22.7 Å². The Balaban J connectivity index is 2.04. The number of hydrogen-bond acceptors (Lipinski definition) is 3. The zero-order valence-electron chi connectivity index (χ0n) is 12.2. The lowest BCUT2D eigenvalue weighted by atomic mass is 10.2. The summed E-state index contributed by atoms with van der Waals surface area (Å²) in [6.45, 7) is 6.35. The van der Waals surface area contributed by atoms with Crippen LogP contribution in [0.2, 0.25) is 0 Å². The van der Waals surface area contributed by atoms with E-state index < -0.39 is 0 Å². The summed E-state index contributed by atoms with van der Waals surface area (Å²) in [7, 11) is 1.67. The van der Waals surface area contributed by atoms with E-state index in [9.17, 15) is 0 Å². The van der Waals surface area contributed by atoms with Gasteiger partial charge in [-0.2, -0.15) is 0 Å². The molecule has 1 N–H and O–H groups in total. The Hall–Kier alpha value is -0.910. The summed E-state index contributed by atoms with van der Waals surface area (Å²) in [4.78, 5) is 3.28. The third-order valence-corrected chi connectivity index (χ3v) is 2.90. The number of aromatic nitrogens is 2. The van der Waals surface area contributed by atoms with Crippen LogP contribution in [0.4, 0.5) is 0 Å². The first-order chi connectivity index (χ1) is 9.38. The summed E-state index contributed by atoms with van der Waals surface area (Å²) in [6.07, 6.45) is 7.59. The zero-order valence-corrected chi connectivity index (χ0v) is 12.2. The minimum atomic E-state index is 0.629. The number of aryl methyl sites for hydroxylation is 1. The van der Waals surface area contributed by atoms with Gasteiger partial charge in [0, 0.05) is 13.5 Å². The molecule has 0 aromatic carbocycles. The van der Waals surface area contributed by atoms with Crippen molar-refractivity contribution in [1.29, 1.82) is 0 Å². The van der Waals surface area contributed by atoms with Crippen molar-refractivity contribution < 1.29 is 18.8 Å². The molecule has 0 spiro atoms. The first-order valence-corrected chi connectivity index (χ1v) is 7.08. The van der Waals surface area contributed by atoms with E-state index in [1.165, 1.54) is 18.7 Å². The molecule has 0 radical (unpaired) electrons. The van der Waals surface area contributed by atoms with Gasteiger partial charge in [-0.1, -0.05) is 13.3 Å². The smallest absolute Gasteiger partial charge is 0.254 e. The maximum Gasteiger partial charge on any atom is 0.254 e. The molecule has 1 heterocycles. The first kappa shape index (κ1) is 16.1. The Morgan fingerprint density at radius 2 is 1.84 bits per heavy atom. The summed E-state index contributed by atoms with van der Waals surface area (Å²) >= 11 is 0. The van der Waals surface area contributed by atoms with E-state index in [4.69, 9.17) is 14.2 Å². The Kier molecular flexibility index (Phi) is 9.32. The highest BCUT2D eigenvalue weighted by Crippen LogP contribution is 1.96. The van der Waals surface area contributed by atoms with E-state index >= 15 is 0 Å². The van der Waals surface area contributed by atoms with Gasteiger partial charge in [-0.25, -0.2) is 9.55 Å². The minimum absolute atomic E-state index is 0.629. The zero-order chi connectivity index (χ0) is 13.8. The standard InChI is InChI=1S/C14H26N2O3/c1-3-4-5-14-15-6-7-16(14)8-9-18-12-13-19-11-10-17-2/h6-7H,3-5,8-13H2,1-2H3/p+1. The summed E-state index contributed by atoms with van der Waals surface area (Å²) < 4.78 is 18.0. The fourth-order valence-corrected chi connectivity index (χ4v) is 1.79. The number of nitrogens with zero attached hydrogens (tertiary/aromatic N) is 1. The lowest BCUT2D eigenvalue weighted by Crippen LogP contribution is -2.38. The molecule has 0 fully saturated rings. The second-order valence-electron chi connectivity index (χ2n) is 4.42. The number of H-pyrrole nitrogens is 1. The Bertz CT molecular complexity index is 315. The van der Waals surface area contributed by atoms with Crippen LogP contribution in [0.3, 0.4) is 0 Å². The second-order valence-corrected chi connectivity index (χ2v) is 4.42. The largest absolute Gasteiger partial charge is 0.382 e. The summed E-state index contributed by atoms with van der Waals surface area (Å²) in [5.41, 5.74) is 0. The van der Waals surface area contributed by atoms with Crippen LogP contribution >= 0.6 is 0 Å². The molecule has 5 heteroatoms. The number of rotatable bonds is 12. The van der Waals surface area contributed by atoms with Crippen molar-refractivity contribution >= 4 is 0 Å². The molecule has 0 aliphatic carbocycles. The quantitative estimate of drug-likeness (QED) is 0.461. The van der Waals surface area contributed by atoms with Gasteiger partial charge in [-0.05, 0) is 6.42 Å². The van der Waals surface area contributed by atoms with Crippen LogP contribution in [0.15, 0.2) is 12.4 Å². The van der Waals surface area contributed by atoms with Gasteiger partial charge in [0.05, 0.1) is 33.0 Å². The molecule has 0 saturated heterocycles. The normalized spacial score (nSPS) is 11.1. The van der Waals surface area contributed by atoms with Crippen LogP contribution in [0.25, 0.3) is 0 Å². The molecule has 0 unspecified atom stereocenters. The van der Waals surface area contributed by atoms with E-state index in [-0.39, 0.29) is 0 Å². The molecule has 1 rings (SSSR count). The Morgan fingerprint density at radius 3 is 2.58 bits per heavy atom. The predicted molar refractivity (Wildman–Crippen MR) is 73.1 cm³/mol. The maximum absolute atomic E-state index is 5.55. The van der Waals surface area contributed by atoms with Gasteiger partial charge in [-0.3, -0.25) is 0 Å². The van der Waals surface area contributed by atoms with E-state index in [0.717, 1.165) is 19.6 Å². The van der Waals surface area contributed by atoms with Crippen molar-refractivity contribution in [3.63, 3.8) is 0 Å². The Morgan fingerprint density at radius 1 is 1.11 bits per heavy atom. The number of methoxy groups -OCH3 is 1. The van der Waals surface area contributed by atoms with Crippen LogP contribution in [0.1, 0.15) is 25.6 Å². The fourth-order valence-electron chi connectivity index (χ4n) is 1.79. The van der Waals surface area contributed by atoms with Crippen molar-refractivity contribution in [3.05, 3.63) is 18.2 Å². The SMILES string of the molecule is CCCCc1[nH]cc[n+]1CCOCCOCCOC. The summed E-state index contributed by atoms with van der Waals surface area (Å²) in [6, 6.07) is 0. The topological polar surface area (TPSA) is 47.4 Å². The molecule has 0 saturated carbocycles. The van der Waals surface area contributed by atoms with Gasteiger partial charge in [-0.15, -0.1) is 0 Å². The minimum Gasteiger partial charge on any atom is -0.382 e. The number of aromatic amines is 1. The molecule has 0 atom stereocenters. The highest BCUT2D eigenvalue weighted by molar-refractivity contribution is 4.77. The lowest BCUT2D eigenvalue weighted by molar-refractivity contribution is -0.704. The van der Waals surface area contributed by atoms with Gasteiger partial charge >= 0.3 is 0 Å². The van der Waals surface area contributed by atoms with E-state index in [1.807, 2.05) is 6.20 Å².